The highest BCUT2D eigenvalue weighted by molar-refractivity contribution is 9.10. The first kappa shape index (κ1) is 18.6. The molecule has 5 atom stereocenters. The molecule has 2 fully saturated rings. The minimum absolute atomic E-state index is 0.235. The molecule has 1 aromatic heterocycles. The minimum atomic E-state index is -1.06. The first-order valence-electron chi connectivity index (χ1n) is 8.56. The number of fused-ring (bicyclic) bond motifs is 1. The predicted molar refractivity (Wildman–Crippen MR) is 98.4 cm³/mol. The number of benzene rings is 1. The van der Waals surface area contributed by atoms with E-state index in [0.717, 1.165) is 10.0 Å². The highest BCUT2D eigenvalue weighted by Crippen LogP contribution is 2.54. The van der Waals surface area contributed by atoms with E-state index >= 15 is 0 Å². The van der Waals surface area contributed by atoms with Gasteiger partial charge in [0.1, 0.15) is 30.1 Å². The van der Waals surface area contributed by atoms with Crippen molar-refractivity contribution in [2.75, 3.05) is 6.61 Å². The van der Waals surface area contributed by atoms with E-state index in [1.165, 1.54) is 10.8 Å². The molecule has 0 spiro atoms. The molecule has 4 rings (SSSR count). The monoisotopic (exact) mass is 438 g/mol. The van der Waals surface area contributed by atoms with Crippen LogP contribution in [0.4, 0.5) is 0 Å². The Balaban J connectivity index is 1.81. The van der Waals surface area contributed by atoms with Gasteiger partial charge in [0.25, 0.3) is 5.56 Å². The number of aliphatic hydroxyl groups excluding tert-OH is 2. The third-order valence-electron chi connectivity index (χ3n) is 5.26. The Morgan fingerprint density at radius 3 is 2.81 bits per heavy atom. The lowest BCUT2D eigenvalue weighted by Gasteiger charge is -2.29. The molecule has 8 nitrogen and oxygen atoms in total. The lowest BCUT2D eigenvalue weighted by molar-refractivity contribution is -0.0812. The summed E-state index contributed by atoms with van der Waals surface area (Å²) in [7, 11) is 0. The van der Waals surface area contributed by atoms with Crippen molar-refractivity contribution < 1.29 is 19.7 Å². The summed E-state index contributed by atoms with van der Waals surface area (Å²) in [5, 5.41) is 20.2. The standard InChI is InChI=1S/C18H19BrN2O6/c1-9-7-21(17(25)20-16(9)24)13-6-18(10-4-2-3-5-11(10)19)15(26-13)14(23)12(8-22)27-18/h2-5,7,12-15,22-23H,6,8H2,1H3,(H,20,24,25)/t12-,13+,14-,15-,18+/m1/s1. The summed E-state index contributed by atoms with van der Waals surface area (Å²) in [6.07, 6.45) is -1.70. The highest BCUT2D eigenvalue weighted by Gasteiger charge is 2.62. The number of ether oxygens (including phenoxy) is 2. The number of hydrogen-bond acceptors (Lipinski definition) is 6. The zero-order valence-electron chi connectivity index (χ0n) is 14.5. The quantitative estimate of drug-likeness (QED) is 0.644. The van der Waals surface area contributed by atoms with Crippen LogP contribution in [0.1, 0.15) is 23.8 Å². The van der Waals surface area contributed by atoms with Crippen molar-refractivity contribution in [3.05, 3.63) is 66.9 Å². The van der Waals surface area contributed by atoms with E-state index in [2.05, 4.69) is 20.9 Å². The van der Waals surface area contributed by atoms with Gasteiger partial charge in [0.2, 0.25) is 0 Å². The fraction of sp³-hybridized carbons (Fsp3) is 0.444. The summed E-state index contributed by atoms with van der Waals surface area (Å²) in [6.45, 7) is 1.25. The Morgan fingerprint density at radius 2 is 2.11 bits per heavy atom. The number of H-pyrrole nitrogens is 1. The van der Waals surface area contributed by atoms with E-state index in [-0.39, 0.29) is 13.0 Å². The topological polar surface area (TPSA) is 114 Å². The number of halogens is 1. The van der Waals surface area contributed by atoms with Crippen LogP contribution in [-0.2, 0) is 15.1 Å². The molecular weight excluding hydrogens is 420 g/mol. The van der Waals surface area contributed by atoms with Crippen molar-refractivity contribution in [1.82, 2.24) is 9.55 Å². The van der Waals surface area contributed by atoms with Gasteiger partial charge in [-0.3, -0.25) is 14.3 Å². The summed E-state index contributed by atoms with van der Waals surface area (Å²) >= 11 is 3.52. The van der Waals surface area contributed by atoms with Gasteiger partial charge in [0, 0.05) is 28.2 Å². The number of aromatic nitrogens is 2. The van der Waals surface area contributed by atoms with Crippen molar-refractivity contribution in [2.24, 2.45) is 0 Å². The van der Waals surface area contributed by atoms with Gasteiger partial charge in [-0.15, -0.1) is 0 Å². The summed E-state index contributed by atoms with van der Waals surface area (Å²) in [5.74, 6) is 0. The van der Waals surface area contributed by atoms with E-state index in [9.17, 15) is 19.8 Å². The minimum Gasteiger partial charge on any atom is -0.394 e. The lowest BCUT2D eigenvalue weighted by Crippen LogP contribution is -2.38. The third kappa shape index (κ3) is 2.81. The van der Waals surface area contributed by atoms with Crippen LogP contribution in [0.15, 0.2) is 44.5 Å². The molecular formula is C18H19BrN2O6. The summed E-state index contributed by atoms with van der Waals surface area (Å²) in [4.78, 5) is 26.2. The Hall–Kier alpha value is -1.78. The van der Waals surface area contributed by atoms with Crippen molar-refractivity contribution >= 4 is 15.9 Å². The van der Waals surface area contributed by atoms with Crippen molar-refractivity contribution in [1.29, 1.82) is 0 Å². The Morgan fingerprint density at radius 1 is 1.37 bits per heavy atom. The van der Waals surface area contributed by atoms with Crippen LogP contribution in [0.5, 0.6) is 0 Å². The van der Waals surface area contributed by atoms with E-state index in [1.807, 2.05) is 24.3 Å². The molecule has 2 saturated heterocycles. The molecule has 2 aromatic rings. The molecule has 2 aliphatic rings. The Labute approximate surface area is 162 Å². The van der Waals surface area contributed by atoms with Crippen molar-refractivity contribution in [3.63, 3.8) is 0 Å². The van der Waals surface area contributed by atoms with E-state index < -0.39 is 41.4 Å². The second kappa shape index (κ2) is 6.68. The van der Waals surface area contributed by atoms with Gasteiger partial charge in [0.05, 0.1) is 6.61 Å². The third-order valence-corrected chi connectivity index (χ3v) is 5.95. The Kier molecular flexibility index (Phi) is 4.59. The largest absolute Gasteiger partial charge is 0.394 e. The first-order chi connectivity index (χ1) is 12.9. The molecule has 144 valence electrons. The van der Waals surface area contributed by atoms with Crippen LogP contribution < -0.4 is 11.2 Å². The molecule has 1 aromatic carbocycles. The van der Waals surface area contributed by atoms with Gasteiger partial charge in [-0.1, -0.05) is 34.1 Å². The number of aromatic amines is 1. The van der Waals surface area contributed by atoms with Gasteiger partial charge in [0.15, 0.2) is 0 Å². The van der Waals surface area contributed by atoms with Crippen LogP contribution in [0.3, 0.4) is 0 Å². The van der Waals surface area contributed by atoms with E-state index in [1.54, 1.807) is 6.92 Å². The van der Waals surface area contributed by atoms with Gasteiger partial charge in [-0.05, 0) is 13.0 Å². The molecule has 3 heterocycles. The average Bonchev–Trinajstić information content (AvgIpc) is 3.13. The number of nitrogens with zero attached hydrogens (tertiary/aromatic N) is 1. The number of hydrogen-bond donors (Lipinski definition) is 3. The van der Waals surface area contributed by atoms with Gasteiger partial charge < -0.3 is 19.7 Å². The van der Waals surface area contributed by atoms with Crippen LogP contribution >= 0.6 is 15.9 Å². The normalized spacial score (nSPS) is 32.6. The molecule has 27 heavy (non-hydrogen) atoms. The molecule has 2 aliphatic heterocycles. The lowest BCUT2D eigenvalue weighted by atomic mass is 9.86. The van der Waals surface area contributed by atoms with E-state index in [4.69, 9.17) is 9.47 Å². The number of rotatable bonds is 3. The molecule has 0 saturated carbocycles. The molecule has 0 bridgehead atoms. The second-order valence-corrected chi connectivity index (χ2v) is 7.75. The summed E-state index contributed by atoms with van der Waals surface area (Å²) < 4.78 is 14.2. The fourth-order valence-electron chi connectivity index (χ4n) is 3.95. The second-order valence-electron chi connectivity index (χ2n) is 6.89. The number of nitrogens with one attached hydrogen (secondary N) is 1. The van der Waals surface area contributed by atoms with Crippen LogP contribution in [0.25, 0.3) is 0 Å². The summed E-state index contributed by atoms with van der Waals surface area (Å²) in [5.41, 5.74) is -0.944. The number of aryl methyl sites for hydroxylation is 1. The number of aliphatic hydroxyl groups is 2. The van der Waals surface area contributed by atoms with Crippen molar-refractivity contribution in [2.45, 2.75) is 43.5 Å². The van der Waals surface area contributed by atoms with Crippen LogP contribution in [0, 0.1) is 6.92 Å². The molecule has 0 amide bonds. The highest BCUT2D eigenvalue weighted by atomic mass is 79.9. The van der Waals surface area contributed by atoms with E-state index in [0.29, 0.717) is 5.56 Å². The molecule has 9 heteroatoms. The Bertz CT molecular complexity index is 988. The zero-order chi connectivity index (χ0) is 19.3. The predicted octanol–water partition coefficient (Wildman–Crippen LogP) is 0.543. The van der Waals surface area contributed by atoms with Crippen LogP contribution in [-0.4, -0.2) is 44.7 Å². The van der Waals surface area contributed by atoms with Gasteiger partial charge in [-0.25, -0.2) is 4.79 Å². The molecule has 0 unspecified atom stereocenters. The maximum atomic E-state index is 12.3. The van der Waals surface area contributed by atoms with Crippen molar-refractivity contribution in [3.8, 4) is 0 Å². The average molecular weight is 439 g/mol. The smallest absolute Gasteiger partial charge is 0.330 e. The van der Waals surface area contributed by atoms with Gasteiger partial charge in [-0.2, -0.15) is 0 Å². The SMILES string of the molecule is Cc1cn([C@@H]2C[C@@]3(c4ccccc4Br)O[C@H](CO)[C@@H](O)[C@H]3O2)c(=O)[nH]c1=O. The maximum Gasteiger partial charge on any atom is 0.330 e. The summed E-state index contributed by atoms with van der Waals surface area (Å²) in [6, 6.07) is 7.41. The molecule has 0 radical (unpaired) electrons. The molecule has 3 N–H and O–H groups in total. The zero-order valence-corrected chi connectivity index (χ0v) is 16.0. The maximum absolute atomic E-state index is 12.3. The van der Waals surface area contributed by atoms with Crippen LogP contribution in [0.2, 0.25) is 0 Å². The fourth-order valence-corrected chi connectivity index (χ4v) is 4.57. The molecule has 0 aliphatic carbocycles. The first-order valence-corrected chi connectivity index (χ1v) is 9.36. The van der Waals surface area contributed by atoms with Gasteiger partial charge >= 0.3 is 5.69 Å².